The fraction of sp³-hybridized carbons (Fsp3) is 0.667. The van der Waals surface area contributed by atoms with Crippen LogP contribution in [0, 0.1) is 11.3 Å². The molecule has 0 bridgehead atoms. The van der Waals surface area contributed by atoms with E-state index in [2.05, 4.69) is 0 Å². The van der Waals surface area contributed by atoms with E-state index >= 15 is 0 Å². The first-order valence-electron chi connectivity index (χ1n) is 4.55. The van der Waals surface area contributed by atoms with Gasteiger partial charge in [-0.2, -0.15) is 0 Å². The molecule has 86 valence electrons. The van der Waals surface area contributed by atoms with Crippen molar-refractivity contribution in [1.29, 1.82) is 0 Å². The van der Waals surface area contributed by atoms with E-state index in [-0.39, 0.29) is 12.8 Å². The maximum atomic E-state index is 10.9. The third-order valence-electron chi connectivity index (χ3n) is 2.61. The quantitative estimate of drug-likeness (QED) is 0.564. The molecule has 0 atom stereocenters. The van der Waals surface area contributed by atoms with Crippen molar-refractivity contribution in [2.75, 3.05) is 0 Å². The molecule has 0 spiro atoms. The number of rotatable bonds is 6. The third kappa shape index (κ3) is 1.93. The molecular formula is C9H14O6. The molecule has 0 fully saturated rings. The van der Waals surface area contributed by atoms with E-state index in [4.69, 9.17) is 15.3 Å². The molecule has 6 heteroatoms. The number of carboxylic acid groups (broad SMARTS) is 3. The van der Waals surface area contributed by atoms with Crippen LogP contribution in [0.2, 0.25) is 0 Å². The minimum absolute atomic E-state index is 0.182. The van der Waals surface area contributed by atoms with E-state index in [9.17, 15) is 14.4 Å². The Bertz CT molecular complexity index is 242. The van der Waals surface area contributed by atoms with Gasteiger partial charge in [-0.05, 0) is 5.92 Å². The van der Waals surface area contributed by atoms with Crippen LogP contribution in [-0.4, -0.2) is 33.2 Å². The highest BCUT2D eigenvalue weighted by Gasteiger charge is 2.58. The van der Waals surface area contributed by atoms with Gasteiger partial charge >= 0.3 is 17.9 Å². The van der Waals surface area contributed by atoms with Crippen molar-refractivity contribution >= 4 is 17.9 Å². The van der Waals surface area contributed by atoms with Crippen molar-refractivity contribution < 1.29 is 29.7 Å². The van der Waals surface area contributed by atoms with Crippen LogP contribution in [0.1, 0.15) is 26.7 Å². The van der Waals surface area contributed by atoms with Crippen LogP contribution in [0.25, 0.3) is 0 Å². The number of hydrogen-bond donors (Lipinski definition) is 3. The number of aliphatic carboxylic acids is 3. The van der Waals surface area contributed by atoms with Crippen LogP contribution in [0.4, 0.5) is 0 Å². The van der Waals surface area contributed by atoms with Gasteiger partial charge in [-0.15, -0.1) is 0 Å². The third-order valence-corrected chi connectivity index (χ3v) is 2.61. The Hall–Kier alpha value is -1.59. The lowest BCUT2D eigenvalue weighted by atomic mass is 9.72. The summed E-state index contributed by atoms with van der Waals surface area (Å²) in [6.07, 6.45) is 0.364. The Labute approximate surface area is 86.5 Å². The van der Waals surface area contributed by atoms with Crippen molar-refractivity contribution in [3.63, 3.8) is 0 Å². The van der Waals surface area contributed by atoms with Gasteiger partial charge in [0.05, 0.1) is 0 Å². The van der Waals surface area contributed by atoms with Crippen molar-refractivity contribution in [2.45, 2.75) is 26.7 Å². The Morgan fingerprint density at radius 3 is 1.27 bits per heavy atom. The Balaban J connectivity index is 5.61. The minimum atomic E-state index is -2.73. The van der Waals surface area contributed by atoms with Crippen molar-refractivity contribution in [2.24, 2.45) is 11.3 Å². The monoisotopic (exact) mass is 218 g/mol. The molecule has 15 heavy (non-hydrogen) atoms. The maximum Gasteiger partial charge on any atom is 0.333 e. The number of hydrogen-bond acceptors (Lipinski definition) is 3. The van der Waals surface area contributed by atoms with Gasteiger partial charge in [-0.1, -0.05) is 26.7 Å². The highest BCUT2D eigenvalue weighted by molar-refractivity contribution is 6.16. The van der Waals surface area contributed by atoms with Gasteiger partial charge in [0.1, 0.15) is 0 Å². The molecule has 0 aliphatic heterocycles. The lowest BCUT2D eigenvalue weighted by molar-refractivity contribution is -0.180. The molecule has 0 aliphatic carbocycles. The molecule has 0 aliphatic rings. The van der Waals surface area contributed by atoms with E-state index in [0.717, 1.165) is 0 Å². The first kappa shape index (κ1) is 13.4. The van der Waals surface area contributed by atoms with Crippen LogP contribution in [0.3, 0.4) is 0 Å². The van der Waals surface area contributed by atoms with Crippen LogP contribution >= 0.6 is 0 Å². The first-order valence-corrected chi connectivity index (χ1v) is 4.55. The topological polar surface area (TPSA) is 112 Å². The molecule has 0 aromatic carbocycles. The van der Waals surface area contributed by atoms with Gasteiger partial charge in [0, 0.05) is 0 Å². The lowest BCUT2D eigenvalue weighted by Gasteiger charge is -2.27. The average molecular weight is 218 g/mol. The second kappa shape index (κ2) is 4.77. The molecule has 0 amide bonds. The minimum Gasteiger partial charge on any atom is -0.480 e. The fourth-order valence-corrected chi connectivity index (χ4v) is 1.70. The van der Waals surface area contributed by atoms with Crippen molar-refractivity contribution in [3.8, 4) is 0 Å². The molecular weight excluding hydrogens is 204 g/mol. The summed E-state index contributed by atoms with van der Waals surface area (Å²) in [5, 5.41) is 26.5. The molecule has 0 unspecified atom stereocenters. The summed E-state index contributed by atoms with van der Waals surface area (Å²) >= 11 is 0. The summed E-state index contributed by atoms with van der Waals surface area (Å²) < 4.78 is 0. The van der Waals surface area contributed by atoms with Crippen LogP contribution in [0.5, 0.6) is 0 Å². The molecule has 6 nitrogen and oxygen atoms in total. The largest absolute Gasteiger partial charge is 0.480 e. The molecule has 0 saturated heterocycles. The summed E-state index contributed by atoms with van der Waals surface area (Å²) in [5.41, 5.74) is -2.73. The molecule has 0 heterocycles. The highest BCUT2D eigenvalue weighted by Crippen LogP contribution is 2.34. The van der Waals surface area contributed by atoms with Gasteiger partial charge in [0.25, 0.3) is 5.41 Å². The summed E-state index contributed by atoms with van der Waals surface area (Å²) in [5.74, 6) is -6.39. The average Bonchev–Trinajstić information content (AvgIpc) is 2.11. The van der Waals surface area contributed by atoms with E-state index in [1.54, 1.807) is 13.8 Å². The van der Waals surface area contributed by atoms with Crippen molar-refractivity contribution in [3.05, 3.63) is 0 Å². The molecule has 0 rings (SSSR count). The van der Waals surface area contributed by atoms with Gasteiger partial charge in [-0.3, -0.25) is 14.4 Å². The molecule has 0 aromatic rings. The standard InChI is InChI=1S/C9H14O6/c1-3-5(4-2)9(6(10)11,7(12)13)8(14)15/h5H,3-4H2,1-2H3,(H,10,11)(H,12,13)(H,14,15). The summed E-state index contributed by atoms with van der Waals surface area (Å²) in [6.45, 7) is 3.13. The Morgan fingerprint density at radius 2 is 1.20 bits per heavy atom. The molecule has 0 saturated carbocycles. The Morgan fingerprint density at radius 1 is 0.933 bits per heavy atom. The van der Waals surface area contributed by atoms with Crippen LogP contribution < -0.4 is 0 Å². The highest BCUT2D eigenvalue weighted by atomic mass is 16.4. The number of carboxylic acids is 3. The van der Waals surface area contributed by atoms with Crippen LogP contribution in [0.15, 0.2) is 0 Å². The predicted molar refractivity (Wildman–Crippen MR) is 49.4 cm³/mol. The van der Waals surface area contributed by atoms with Gasteiger partial charge < -0.3 is 15.3 Å². The number of carbonyl (C=O) groups is 3. The van der Waals surface area contributed by atoms with Gasteiger partial charge in [0.15, 0.2) is 0 Å². The van der Waals surface area contributed by atoms with Crippen LogP contribution in [-0.2, 0) is 14.4 Å². The van der Waals surface area contributed by atoms with E-state index < -0.39 is 29.2 Å². The second-order valence-electron chi connectivity index (χ2n) is 3.24. The van der Waals surface area contributed by atoms with E-state index in [1.807, 2.05) is 0 Å². The fourth-order valence-electron chi connectivity index (χ4n) is 1.70. The van der Waals surface area contributed by atoms with E-state index in [1.165, 1.54) is 0 Å². The second-order valence-corrected chi connectivity index (χ2v) is 3.24. The SMILES string of the molecule is CCC(CC)C(C(=O)O)(C(=O)O)C(=O)O. The predicted octanol–water partition coefficient (Wildman–Crippen LogP) is 0.663. The normalized spacial score (nSPS) is 11.4. The summed E-state index contributed by atoms with van der Waals surface area (Å²) in [7, 11) is 0. The zero-order valence-corrected chi connectivity index (χ0v) is 8.56. The summed E-state index contributed by atoms with van der Waals surface area (Å²) in [6, 6.07) is 0. The van der Waals surface area contributed by atoms with Gasteiger partial charge in [-0.25, -0.2) is 0 Å². The van der Waals surface area contributed by atoms with Crippen molar-refractivity contribution in [1.82, 2.24) is 0 Å². The molecule has 0 aromatic heterocycles. The zero-order chi connectivity index (χ0) is 12.2. The lowest BCUT2D eigenvalue weighted by Crippen LogP contribution is -2.51. The van der Waals surface area contributed by atoms with E-state index in [0.29, 0.717) is 0 Å². The smallest absolute Gasteiger partial charge is 0.333 e. The molecule has 3 N–H and O–H groups in total. The van der Waals surface area contributed by atoms with Gasteiger partial charge in [0.2, 0.25) is 0 Å². The molecule has 0 radical (unpaired) electrons. The summed E-state index contributed by atoms with van der Waals surface area (Å²) in [4.78, 5) is 32.7. The maximum absolute atomic E-state index is 10.9. The first-order chi connectivity index (χ1) is 6.85. The Kier molecular flexibility index (Phi) is 4.26. The zero-order valence-electron chi connectivity index (χ0n) is 8.56.